The third-order valence-electron chi connectivity index (χ3n) is 1.77. The van der Waals surface area contributed by atoms with E-state index in [0.717, 1.165) is 0 Å². The number of nitrogens with one attached hydrogen (secondary N) is 1. The van der Waals surface area contributed by atoms with E-state index in [2.05, 4.69) is 4.72 Å². The molecule has 0 saturated carbocycles. The van der Waals surface area contributed by atoms with Gasteiger partial charge in [0.15, 0.2) is 6.61 Å². The Kier molecular flexibility index (Phi) is 3.86. The van der Waals surface area contributed by atoms with Crippen molar-refractivity contribution in [1.82, 2.24) is 4.72 Å². The summed E-state index contributed by atoms with van der Waals surface area (Å²) in [5.74, 6) is -0.788. The lowest BCUT2D eigenvalue weighted by Crippen LogP contribution is -2.18. The van der Waals surface area contributed by atoms with Crippen molar-refractivity contribution < 1.29 is 23.1 Å². The predicted octanol–water partition coefficient (Wildman–Crippen LogP) is 0.0581. The largest absolute Gasteiger partial charge is 0.482 e. The average Bonchev–Trinajstić information content (AvgIpc) is 2.27. The summed E-state index contributed by atoms with van der Waals surface area (Å²) in [7, 11) is -2.16. The first-order valence-corrected chi connectivity index (χ1v) is 5.82. The molecule has 88 valence electrons. The van der Waals surface area contributed by atoms with E-state index in [1.807, 2.05) is 0 Å². The summed E-state index contributed by atoms with van der Waals surface area (Å²) in [5.41, 5.74) is 0. The molecule has 0 amide bonds. The van der Waals surface area contributed by atoms with Crippen molar-refractivity contribution in [3.05, 3.63) is 24.3 Å². The molecule has 0 atom stereocenters. The van der Waals surface area contributed by atoms with Gasteiger partial charge in [0.2, 0.25) is 10.0 Å². The fourth-order valence-corrected chi connectivity index (χ4v) is 1.71. The Bertz CT molecular complexity index is 465. The molecule has 0 heterocycles. The van der Waals surface area contributed by atoms with Gasteiger partial charge in [0, 0.05) is 0 Å². The molecule has 0 aromatic heterocycles. The summed E-state index contributed by atoms with van der Waals surface area (Å²) >= 11 is 0. The van der Waals surface area contributed by atoms with Crippen molar-refractivity contribution in [3.8, 4) is 5.75 Å². The molecule has 0 aliphatic heterocycles. The molecule has 0 saturated heterocycles. The van der Waals surface area contributed by atoms with Crippen LogP contribution in [0.25, 0.3) is 0 Å². The molecule has 1 rings (SSSR count). The van der Waals surface area contributed by atoms with Crippen molar-refractivity contribution in [2.24, 2.45) is 0 Å². The first kappa shape index (κ1) is 12.5. The van der Waals surface area contributed by atoms with Crippen LogP contribution in [-0.2, 0) is 14.8 Å². The molecule has 1 aromatic rings. The molecule has 6 nitrogen and oxygen atoms in total. The van der Waals surface area contributed by atoms with Crippen molar-refractivity contribution in [1.29, 1.82) is 0 Å². The number of sulfonamides is 1. The molecule has 16 heavy (non-hydrogen) atoms. The van der Waals surface area contributed by atoms with Crippen molar-refractivity contribution >= 4 is 16.0 Å². The van der Waals surface area contributed by atoms with Crippen LogP contribution >= 0.6 is 0 Å². The molecule has 7 heteroatoms. The molecule has 1 aromatic carbocycles. The van der Waals surface area contributed by atoms with Gasteiger partial charge in [-0.25, -0.2) is 17.9 Å². The quantitative estimate of drug-likeness (QED) is 0.765. The van der Waals surface area contributed by atoms with E-state index in [9.17, 15) is 13.2 Å². The minimum Gasteiger partial charge on any atom is -0.482 e. The van der Waals surface area contributed by atoms with Gasteiger partial charge in [-0.05, 0) is 31.3 Å². The zero-order valence-corrected chi connectivity index (χ0v) is 9.32. The van der Waals surface area contributed by atoms with Gasteiger partial charge in [-0.15, -0.1) is 0 Å². The van der Waals surface area contributed by atoms with E-state index < -0.39 is 22.6 Å². The Labute approximate surface area is 92.9 Å². The summed E-state index contributed by atoms with van der Waals surface area (Å²) < 4.78 is 29.7. The molecular formula is C9H11NO5S. The van der Waals surface area contributed by atoms with Gasteiger partial charge in [-0.1, -0.05) is 0 Å². The van der Waals surface area contributed by atoms with E-state index >= 15 is 0 Å². The molecule has 0 unspecified atom stereocenters. The van der Waals surface area contributed by atoms with Gasteiger partial charge in [-0.3, -0.25) is 0 Å². The molecule has 0 fully saturated rings. The number of ether oxygens (including phenoxy) is 1. The Hall–Kier alpha value is -1.60. The standard InChI is InChI=1S/C9H11NO5S/c1-10-16(13,14)8-4-2-7(3-5-8)15-6-9(11)12/h2-5,10H,6H2,1H3,(H,11,12). The van der Waals surface area contributed by atoms with Crippen LogP contribution in [-0.4, -0.2) is 33.1 Å². The number of hydrogen-bond acceptors (Lipinski definition) is 4. The smallest absolute Gasteiger partial charge is 0.341 e. The fraction of sp³-hybridized carbons (Fsp3) is 0.222. The Balaban J connectivity index is 2.80. The fourth-order valence-electron chi connectivity index (χ4n) is 0.978. The van der Waals surface area contributed by atoms with Crippen molar-refractivity contribution in [2.45, 2.75) is 4.90 Å². The minimum atomic E-state index is -3.47. The maximum absolute atomic E-state index is 11.3. The van der Waals surface area contributed by atoms with Crippen LogP contribution in [0.5, 0.6) is 5.75 Å². The van der Waals surface area contributed by atoms with Gasteiger partial charge >= 0.3 is 5.97 Å². The topological polar surface area (TPSA) is 92.7 Å². The average molecular weight is 245 g/mol. The Morgan fingerprint density at radius 2 is 1.94 bits per heavy atom. The first-order valence-electron chi connectivity index (χ1n) is 4.34. The number of benzene rings is 1. The molecule has 0 radical (unpaired) electrons. The summed E-state index contributed by atoms with van der Waals surface area (Å²) in [4.78, 5) is 10.3. The number of rotatable bonds is 5. The first-order chi connectivity index (χ1) is 7.45. The highest BCUT2D eigenvalue weighted by Gasteiger charge is 2.10. The van der Waals surface area contributed by atoms with Crippen LogP contribution in [0.1, 0.15) is 0 Å². The van der Waals surface area contributed by atoms with Crippen LogP contribution in [0.15, 0.2) is 29.2 Å². The van der Waals surface area contributed by atoms with Crippen LogP contribution < -0.4 is 9.46 Å². The predicted molar refractivity (Wildman–Crippen MR) is 55.8 cm³/mol. The maximum Gasteiger partial charge on any atom is 0.341 e. The second-order valence-electron chi connectivity index (χ2n) is 2.86. The van der Waals surface area contributed by atoms with E-state index in [4.69, 9.17) is 9.84 Å². The second-order valence-corrected chi connectivity index (χ2v) is 4.75. The summed E-state index contributed by atoms with van der Waals surface area (Å²) in [5, 5.41) is 8.37. The lowest BCUT2D eigenvalue weighted by molar-refractivity contribution is -0.139. The normalized spacial score (nSPS) is 11.1. The zero-order valence-electron chi connectivity index (χ0n) is 8.50. The lowest BCUT2D eigenvalue weighted by atomic mass is 10.3. The molecular weight excluding hydrogens is 234 g/mol. The van der Waals surface area contributed by atoms with Crippen molar-refractivity contribution in [3.63, 3.8) is 0 Å². The van der Waals surface area contributed by atoms with Gasteiger partial charge in [0.05, 0.1) is 4.90 Å². The van der Waals surface area contributed by atoms with E-state index in [-0.39, 0.29) is 4.90 Å². The highest BCUT2D eigenvalue weighted by atomic mass is 32.2. The van der Waals surface area contributed by atoms with Crippen LogP contribution in [0.4, 0.5) is 0 Å². The van der Waals surface area contributed by atoms with Gasteiger partial charge < -0.3 is 9.84 Å². The monoisotopic (exact) mass is 245 g/mol. The number of aliphatic carboxylic acids is 1. The van der Waals surface area contributed by atoms with Gasteiger partial charge in [0.25, 0.3) is 0 Å². The SMILES string of the molecule is CNS(=O)(=O)c1ccc(OCC(=O)O)cc1. The second kappa shape index (κ2) is 4.95. The van der Waals surface area contributed by atoms with E-state index in [0.29, 0.717) is 5.75 Å². The highest BCUT2D eigenvalue weighted by molar-refractivity contribution is 7.89. The van der Waals surface area contributed by atoms with Gasteiger partial charge in [-0.2, -0.15) is 0 Å². The molecule has 0 aliphatic rings. The number of carbonyl (C=O) groups is 1. The number of carboxylic acids is 1. The van der Waals surface area contributed by atoms with Crippen LogP contribution in [0, 0.1) is 0 Å². The third-order valence-corrected chi connectivity index (χ3v) is 3.20. The molecule has 0 bridgehead atoms. The highest BCUT2D eigenvalue weighted by Crippen LogP contribution is 2.15. The van der Waals surface area contributed by atoms with Gasteiger partial charge in [0.1, 0.15) is 5.75 Å². The molecule has 0 aliphatic carbocycles. The third kappa shape index (κ3) is 3.21. The minimum absolute atomic E-state index is 0.0951. The number of carboxylic acid groups (broad SMARTS) is 1. The summed E-state index contributed by atoms with van der Waals surface area (Å²) in [6.07, 6.45) is 0. The Morgan fingerprint density at radius 1 is 1.38 bits per heavy atom. The maximum atomic E-state index is 11.3. The lowest BCUT2D eigenvalue weighted by Gasteiger charge is -2.05. The summed E-state index contributed by atoms with van der Waals surface area (Å²) in [6, 6.07) is 5.46. The zero-order chi connectivity index (χ0) is 12.2. The molecule has 0 spiro atoms. The Morgan fingerprint density at radius 3 is 2.38 bits per heavy atom. The molecule has 2 N–H and O–H groups in total. The summed E-state index contributed by atoms with van der Waals surface area (Å²) in [6.45, 7) is -0.460. The van der Waals surface area contributed by atoms with E-state index in [1.54, 1.807) is 0 Å². The van der Waals surface area contributed by atoms with Crippen LogP contribution in [0.2, 0.25) is 0 Å². The van der Waals surface area contributed by atoms with Crippen molar-refractivity contribution in [2.75, 3.05) is 13.7 Å². The van der Waals surface area contributed by atoms with Crippen LogP contribution in [0.3, 0.4) is 0 Å². The number of hydrogen-bond donors (Lipinski definition) is 2. The van der Waals surface area contributed by atoms with E-state index in [1.165, 1.54) is 31.3 Å².